The molecule has 0 aliphatic rings. The summed E-state index contributed by atoms with van der Waals surface area (Å²) < 4.78 is 5.49. The zero-order valence-corrected chi connectivity index (χ0v) is 56.5. The lowest BCUT2D eigenvalue weighted by atomic mass is 10.0. The molecule has 492 valence electrons. The molecule has 1 amide bonds. The van der Waals surface area contributed by atoms with Crippen molar-refractivity contribution in [3.8, 4) is 0 Å². The Hall–Kier alpha value is -1.66. The van der Waals surface area contributed by atoms with Gasteiger partial charge in [0.25, 0.3) is 0 Å². The lowest BCUT2D eigenvalue weighted by Crippen LogP contribution is -2.45. The Morgan fingerprint density at radius 2 is 0.566 bits per heavy atom. The minimum absolute atomic E-state index is 0.0124. The molecule has 83 heavy (non-hydrogen) atoms. The molecule has 2 unspecified atom stereocenters. The van der Waals surface area contributed by atoms with E-state index in [1.165, 1.54) is 353 Å². The van der Waals surface area contributed by atoms with Crippen LogP contribution in [0.4, 0.5) is 0 Å². The third-order valence-electron chi connectivity index (χ3n) is 18.0. The predicted molar refractivity (Wildman–Crippen MR) is 366 cm³/mol. The number of carbonyl (C=O) groups is 2. The standard InChI is InChI=1S/C77H149NO5/c1-3-5-7-9-11-13-15-17-19-39-42-45-49-53-57-61-65-69-75(80)74(73-79)78-76(81)70-66-62-58-54-50-46-43-40-37-35-33-31-29-27-25-23-21-20-22-24-26-28-30-32-34-36-38-41-44-48-52-56-60-64-68-72-83-77(82)71-67-63-59-55-51-47-18-16-14-12-10-8-6-4-2/h16,18,22,24,74-75,79-80H,3-15,17,19-21,23,25-73H2,1-2H3,(H,78,81)/b18-16-,24-22-. The van der Waals surface area contributed by atoms with Gasteiger partial charge in [-0.15, -0.1) is 0 Å². The van der Waals surface area contributed by atoms with E-state index in [-0.39, 0.29) is 18.5 Å². The van der Waals surface area contributed by atoms with E-state index in [0.717, 1.165) is 44.9 Å². The minimum atomic E-state index is -0.662. The number of amides is 1. The second-order valence-electron chi connectivity index (χ2n) is 26.3. The van der Waals surface area contributed by atoms with E-state index in [1.54, 1.807) is 0 Å². The van der Waals surface area contributed by atoms with Gasteiger partial charge in [-0.1, -0.05) is 366 Å². The van der Waals surface area contributed by atoms with Crippen LogP contribution in [0.15, 0.2) is 24.3 Å². The van der Waals surface area contributed by atoms with Gasteiger partial charge in [-0.2, -0.15) is 0 Å². The first-order chi connectivity index (χ1) is 41.0. The third kappa shape index (κ3) is 69.3. The summed E-state index contributed by atoms with van der Waals surface area (Å²) in [6, 6.07) is -0.539. The van der Waals surface area contributed by atoms with Gasteiger partial charge in [-0.3, -0.25) is 9.59 Å². The molecule has 6 heteroatoms. The number of ether oxygens (including phenoxy) is 1. The Labute approximate surface area is 520 Å². The van der Waals surface area contributed by atoms with Crippen molar-refractivity contribution < 1.29 is 24.5 Å². The van der Waals surface area contributed by atoms with Crippen LogP contribution in [0, 0.1) is 0 Å². The SMILES string of the molecule is CCCCCCC/C=C\CCCCCCCC(=O)OCCCCCCCCCCCCCCCC/C=C\CCCCCCCCCCCCCCCCCCCC(=O)NC(CO)C(O)CCCCCCCCCCCCCCCCCCC. The van der Waals surface area contributed by atoms with Crippen molar-refractivity contribution >= 4 is 11.9 Å². The number of nitrogens with one attached hydrogen (secondary N) is 1. The molecule has 0 saturated carbocycles. The number of unbranched alkanes of at least 4 members (excludes halogenated alkanes) is 57. The van der Waals surface area contributed by atoms with Crippen molar-refractivity contribution in [1.82, 2.24) is 5.32 Å². The molecule has 6 nitrogen and oxygen atoms in total. The normalized spacial score (nSPS) is 12.6. The van der Waals surface area contributed by atoms with Crippen LogP contribution in [-0.4, -0.2) is 47.4 Å². The highest BCUT2D eigenvalue weighted by atomic mass is 16.5. The highest BCUT2D eigenvalue weighted by molar-refractivity contribution is 5.76. The molecule has 0 aromatic heterocycles. The molecule has 0 bridgehead atoms. The average molecular weight is 1170 g/mol. The highest BCUT2D eigenvalue weighted by Crippen LogP contribution is 2.19. The Morgan fingerprint density at radius 1 is 0.325 bits per heavy atom. The summed E-state index contributed by atoms with van der Waals surface area (Å²) in [5.41, 5.74) is 0. The summed E-state index contributed by atoms with van der Waals surface area (Å²) in [6.07, 6.45) is 92.6. The lowest BCUT2D eigenvalue weighted by Gasteiger charge is -2.22. The summed E-state index contributed by atoms with van der Waals surface area (Å²) in [5.74, 6) is -0.0150. The maximum atomic E-state index is 12.5. The average Bonchev–Trinajstić information content (AvgIpc) is 3.49. The molecule has 0 rings (SSSR count). The second-order valence-corrected chi connectivity index (χ2v) is 26.3. The van der Waals surface area contributed by atoms with Crippen molar-refractivity contribution in [2.75, 3.05) is 13.2 Å². The molecule has 0 fully saturated rings. The predicted octanol–water partition coefficient (Wildman–Crippen LogP) is 24.9. The van der Waals surface area contributed by atoms with Crippen molar-refractivity contribution in [2.45, 2.75) is 443 Å². The molecule has 0 spiro atoms. The van der Waals surface area contributed by atoms with Crippen LogP contribution in [0.1, 0.15) is 431 Å². The highest BCUT2D eigenvalue weighted by Gasteiger charge is 2.20. The Bertz CT molecular complexity index is 1300. The van der Waals surface area contributed by atoms with Crippen LogP contribution in [0.3, 0.4) is 0 Å². The smallest absolute Gasteiger partial charge is 0.305 e. The largest absolute Gasteiger partial charge is 0.466 e. The van der Waals surface area contributed by atoms with Gasteiger partial charge in [0.2, 0.25) is 5.91 Å². The van der Waals surface area contributed by atoms with Gasteiger partial charge < -0.3 is 20.3 Å². The molecule has 0 aromatic carbocycles. The number of carbonyl (C=O) groups excluding carboxylic acids is 2. The van der Waals surface area contributed by atoms with Crippen LogP contribution in [0.2, 0.25) is 0 Å². The van der Waals surface area contributed by atoms with Crippen LogP contribution >= 0.6 is 0 Å². The number of aliphatic hydroxyl groups is 2. The monoisotopic (exact) mass is 1170 g/mol. The fraction of sp³-hybridized carbons (Fsp3) is 0.922. The van der Waals surface area contributed by atoms with Crippen LogP contribution in [0.5, 0.6) is 0 Å². The van der Waals surface area contributed by atoms with Gasteiger partial charge in [0.1, 0.15) is 0 Å². The van der Waals surface area contributed by atoms with Crippen LogP contribution < -0.4 is 5.32 Å². The van der Waals surface area contributed by atoms with Gasteiger partial charge in [0, 0.05) is 12.8 Å². The number of rotatable bonds is 72. The number of aliphatic hydroxyl groups excluding tert-OH is 2. The Balaban J connectivity index is 3.33. The Morgan fingerprint density at radius 3 is 0.855 bits per heavy atom. The molecule has 0 aliphatic heterocycles. The van der Waals surface area contributed by atoms with Crippen molar-refractivity contribution in [2.24, 2.45) is 0 Å². The van der Waals surface area contributed by atoms with Gasteiger partial charge in [0.05, 0.1) is 25.4 Å². The Kier molecular flexibility index (Phi) is 71.4. The minimum Gasteiger partial charge on any atom is -0.466 e. The molecule has 0 aliphatic carbocycles. The maximum absolute atomic E-state index is 12.5. The number of hydrogen-bond donors (Lipinski definition) is 3. The van der Waals surface area contributed by atoms with Crippen molar-refractivity contribution in [3.05, 3.63) is 24.3 Å². The topological polar surface area (TPSA) is 95.9 Å². The first-order valence-corrected chi connectivity index (χ1v) is 38.1. The summed E-state index contributed by atoms with van der Waals surface area (Å²) in [7, 11) is 0. The summed E-state index contributed by atoms with van der Waals surface area (Å²) in [6.45, 7) is 4.98. The van der Waals surface area contributed by atoms with E-state index < -0.39 is 12.1 Å². The van der Waals surface area contributed by atoms with Gasteiger partial charge in [-0.25, -0.2) is 0 Å². The van der Waals surface area contributed by atoms with E-state index >= 15 is 0 Å². The van der Waals surface area contributed by atoms with E-state index in [2.05, 4.69) is 43.5 Å². The van der Waals surface area contributed by atoms with E-state index in [0.29, 0.717) is 25.9 Å². The summed E-state index contributed by atoms with van der Waals surface area (Å²) in [5, 5.41) is 23.4. The zero-order chi connectivity index (χ0) is 59.9. The molecule has 0 radical (unpaired) electrons. The number of hydrogen-bond acceptors (Lipinski definition) is 5. The molecular weight excluding hydrogens is 1020 g/mol. The van der Waals surface area contributed by atoms with Crippen LogP contribution in [0.25, 0.3) is 0 Å². The molecular formula is C77H149NO5. The number of esters is 1. The third-order valence-corrected chi connectivity index (χ3v) is 18.0. The molecule has 0 aromatic rings. The molecule has 0 saturated heterocycles. The van der Waals surface area contributed by atoms with Crippen molar-refractivity contribution in [1.29, 1.82) is 0 Å². The van der Waals surface area contributed by atoms with E-state index in [4.69, 9.17) is 4.74 Å². The quantitative estimate of drug-likeness (QED) is 0.0320. The second kappa shape index (κ2) is 72.8. The first-order valence-electron chi connectivity index (χ1n) is 38.1. The van der Waals surface area contributed by atoms with Gasteiger partial charge >= 0.3 is 5.97 Å². The summed E-state index contributed by atoms with van der Waals surface area (Å²) >= 11 is 0. The van der Waals surface area contributed by atoms with E-state index in [9.17, 15) is 19.8 Å². The van der Waals surface area contributed by atoms with Crippen molar-refractivity contribution in [3.63, 3.8) is 0 Å². The number of allylic oxidation sites excluding steroid dienone is 4. The van der Waals surface area contributed by atoms with Gasteiger partial charge in [0.15, 0.2) is 0 Å². The molecule has 0 heterocycles. The van der Waals surface area contributed by atoms with E-state index in [1.807, 2.05) is 0 Å². The molecule has 2 atom stereocenters. The zero-order valence-electron chi connectivity index (χ0n) is 56.5. The maximum Gasteiger partial charge on any atom is 0.305 e. The van der Waals surface area contributed by atoms with Crippen LogP contribution in [-0.2, 0) is 14.3 Å². The first kappa shape index (κ1) is 81.3. The van der Waals surface area contributed by atoms with Gasteiger partial charge in [-0.05, 0) is 77.0 Å². The summed E-state index contributed by atoms with van der Waals surface area (Å²) in [4.78, 5) is 24.6. The fourth-order valence-electron chi connectivity index (χ4n) is 12.2. The fourth-order valence-corrected chi connectivity index (χ4v) is 12.2. The lowest BCUT2D eigenvalue weighted by molar-refractivity contribution is -0.143. The molecule has 3 N–H and O–H groups in total.